The fourth-order valence-electron chi connectivity index (χ4n) is 2.46. The zero-order valence-corrected chi connectivity index (χ0v) is 10.9. The first-order valence-corrected chi connectivity index (χ1v) is 6.57. The summed E-state index contributed by atoms with van der Waals surface area (Å²) < 4.78 is 24.7. The molecule has 0 aliphatic carbocycles. The maximum absolute atomic E-state index is 13.6. The van der Waals surface area contributed by atoms with Crippen LogP contribution in [0.3, 0.4) is 0 Å². The van der Waals surface area contributed by atoms with E-state index >= 15 is 0 Å². The summed E-state index contributed by atoms with van der Waals surface area (Å²) in [6, 6.07) is 15.5. The van der Waals surface area contributed by atoms with Crippen LogP contribution in [0.15, 0.2) is 63.4 Å². The molecule has 0 spiro atoms. The molecule has 0 fully saturated rings. The molecule has 4 rings (SSSR count). The first-order chi connectivity index (χ1) is 10.2. The second kappa shape index (κ2) is 4.46. The molecule has 0 aliphatic heterocycles. The van der Waals surface area contributed by atoms with Crippen LogP contribution in [0, 0.1) is 5.82 Å². The molecule has 2 aromatic heterocycles. The van der Waals surface area contributed by atoms with Crippen LogP contribution < -0.4 is 0 Å². The highest BCUT2D eigenvalue weighted by atomic mass is 19.1. The summed E-state index contributed by atoms with van der Waals surface area (Å²) in [5.74, 6) is 0.181. The molecule has 0 saturated heterocycles. The molecule has 4 heteroatoms. The molecule has 0 saturated carbocycles. The Morgan fingerprint density at radius 1 is 0.857 bits per heavy atom. The van der Waals surface area contributed by atoms with Crippen LogP contribution in [-0.2, 0) is 0 Å². The average molecular weight is 282 g/mol. The minimum absolute atomic E-state index is 0.141. The van der Waals surface area contributed by atoms with Gasteiger partial charge in [-0.2, -0.15) is 0 Å². The average Bonchev–Trinajstić information content (AvgIpc) is 3.11. The summed E-state index contributed by atoms with van der Waals surface area (Å²) in [4.78, 5) is 0. The summed E-state index contributed by atoms with van der Waals surface area (Å²) >= 11 is 0. The minimum atomic E-state index is -1.07. The number of benzene rings is 2. The number of furan rings is 2. The summed E-state index contributed by atoms with van der Waals surface area (Å²) in [5, 5.41) is 11.9. The van der Waals surface area contributed by atoms with E-state index in [1.54, 1.807) is 24.3 Å². The van der Waals surface area contributed by atoms with Crippen LogP contribution in [0.25, 0.3) is 21.9 Å². The van der Waals surface area contributed by atoms with Crippen molar-refractivity contribution in [2.45, 2.75) is 6.10 Å². The normalized spacial score (nSPS) is 13.0. The number of aliphatic hydroxyl groups is 1. The Morgan fingerprint density at radius 3 is 2.38 bits per heavy atom. The highest BCUT2D eigenvalue weighted by molar-refractivity contribution is 5.79. The highest BCUT2D eigenvalue weighted by Crippen LogP contribution is 2.32. The molecule has 0 amide bonds. The molecule has 21 heavy (non-hydrogen) atoms. The lowest BCUT2D eigenvalue weighted by Crippen LogP contribution is -1.95. The van der Waals surface area contributed by atoms with E-state index in [1.807, 2.05) is 24.3 Å². The van der Waals surface area contributed by atoms with Gasteiger partial charge in [0.2, 0.25) is 0 Å². The van der Waals surface area contributed by atoms with Gasteiger partial charge in [0.05, 0.1) is 0 Å². The number of halogens is 1. The van der Waals surface area contributed by atoms with Crippen molar-refractivity contribution in [3.8, 4) is 0 Å². The van der Waals surface area contributed by atoms with Crippen molar-refractivity contribution in [2.75, 3.05) is 0 Å². The third-order valence-corrected chi connectivity index (χ3v) is 3.50. The lowest BCUT2D eigenvalue weighted by Gasteiger charge is -2.02. The van der Waals surface area contributed by atoms with Crippen molar-refractivity contribution in [3.63, 3.8) is 0 Å². The Balaban J connectivity index is 1.81. The number of hydrogen-bond acceptors (Lipinski definition) is 3. The molecule has 2 aromatic carbocycles. The van der Waals surface area contributed by atoms with Gasteiger partial charge in [-0.05, 0) is 24.3 Å². The van der Waals surface area contributed by atoms with Gasteiger partial charge in [-0.3, -0.25) is 0 Å². The molecule has 3 nitrogen and oxygen atoms in total. The van der Waals surface area contributed by atoms with Gasteiger partial charge >= 0.3 is 0 Å². The Hall–Kier alpha value is -2.59. The number of hydrogen-bond donors (Lipinski definition) is 1. The molecule has 1 N–H and O–H groups in total. The summed E-state index contributed by atoms with van der Waals surface area (Å²) in [7, 11) is 0. The molecule has 0 bridgehead atoms. The van der Waals surface area contributed by atoms with E-state index in [9.17, 15) is 9.50 Å². The zero-order valence-electron chi connectivity index (χ0n) is 10.9. The van der Waals surface area contributed by atoms with E-state index < -0.39 is 11.9 Å². The molecule has 2 heterocycles. The van der Waals surface area contributed by atoms with Crippen molar-refractivity contribution < 1.29 is 18.3 Å². The Bertz CT molecular complexity index is 902. The van der Waals surface area contributed by atoms with Crippen molar-refractivity contribution in [1.82, 2.24) is 0 Å². The summed E-state index contributed by atoms with van der Waals surface area (Å²) in [6.45, 7) is 0. The van der Waals surface area contributed by atoms with Gasteiger partial charge in [-0.15, -0.1) is 0 Å². The van der Waals surface area contributed by atoms with E-state index in [0.717, 1.165) is 5.39 Å². The summed E-state index contributed by atoms with van der Waals surface area (Å²) in [6.07, 6.45) is -1.07. The first kappa shape index (κ1) is 12.2. The number of para-hydroxylation sites is 2. The predicted octanol–water partition coefficient (Wildman–Crippen LogP) is 4.40. The molecule has 104 valence electrons. The Morgan fingerprint density at radius 2 is 1.57 bits per heavy atom. The van der Waals surface area contributed by atoms with E-state index in [-0.39, 0.29) is 11.3 Å². The van der Waals surface area contributed by atoms with Gasteiger partial charge in [-0.25, -0.2) is 4.39 Å². The standard InChI is InChI=1S/C17H11FO3/c18-12-6-3-5-11-9-15(21-17(11)12)16(19)14-8-10-4-1-2-7-13(10)20-14/h1-9,16,19H. The van der Waals surface area contributed by atoms with E-state index in [2.05, 4.69) is 0 Å². The zero-order chi connectivity index (χ0) is 14.4. The van der Waals surface area contributed by atoms with Gasteiger partial charge in [0.15, 0.2) is 17.5 Å². The van der Waals surface area contributed by atoms with Gasteiger partial charge in [0, 0.05) is 10.8 Å². The maximum atomic E-state index is 13.6. The van der Waals surface area contributed by atoms with E-state index in [1.165, 1.54) is 6.07 Å². The van der Waals surface area contributed by atoms with Gasteiger partial charge in [0.1, 0.15) is 17.1 Å². The van der Waals surface area contributed by atoms with Gasteiger partial charge in [-0.1, -0.05) is 30.3 Å². The molecule has 4 aromatic rings. The van der Waals surface area contributed by atoms with Crippen LogP contribution in [0.4, 0.5) is 4.39 Å². The van der Waals surface area contributed by atoms with Crippen LogP contribution in [0.5, 0.6) is 0 Å². The Labute approximate surface area is 119 Å². The SMILES string of the molecule is OC(c1cc2ccccc2o1)c1cc2cccc(F)c2o1. The third kappa shape index (κ3) is 1.92. The fraction of sp³-hybridized carbons (Fsp3) is 0.0588. The number of aliphatic hydroxyl groups excluding tert-OH is 1. The topological polar surface area (TPSA) is 46.5 Å². The first-order valence-electron chi connectivity index (χ1n) is 6.57. The fourth-order valence-corrected chi connectivity index (χ4v) is 2.46. The van der Waals surface area contributed by atoms with Crippen LogP contribution >= 0.6 is 0 Å². The van der Waals surface area contributed by atoms with E-state index in [4.69, 9.17) is 8.83 Å². The lowest BCUT2D eigenvalue weighted by atomic mass is 10.2. The minimum Gasteiger partial charge on any atom is -0.458 e. The molecule has 1 unspecified atom stereocenters. The number of fused-ring (bicyclic) bond motifs is 2. The van der Waals surface area contributed by atoms with Gasteiger partial charge in [0.25, 0.3) is 0 Å². The van der Waals surface area contributed by atoms with Crippen molar-refractivity contribution in [1.29, 1.82) is 0 Å². The van der Waals surface area contributed by atoms with Crippen molar-refractivity contribution >= 4 is 21.9 Å². The molecule has 1 atom stereocenters. The molecular formula is C17H11FO3. The number of rotatable bonds is 2. The largest absolute Gasteiger partial charge is 0.458 e. The predicted molar refractivity (Wildman–Crippen MR) is 76.4 cm³/mol. The van der Waals surface area contributed by atoms with Gasteiger partial charge < -0.3 is 13.9 Å². The summed E-state index contributed by atoms with van der Waals surface area (Å²) in [5.41, 5.74) is 0.830. The lowest BCUT2D eigenvalue weighted by molar-refractivity contribution is 0.167. The molecule has 0 radical (unpaired) electrons. The second-order valence-corrected chi connectivity index (χ2v) is 4.90. The Kier molecular flexibility index (Phi) is 2.59. The van der Waals surface area contributed by atoms with Crippen molar-refractivity contribution in [3.05, 3.63) is 71.9 Å². The maximum Gasteiger partial charge on any atom is 0.170 e. The van der Waals surface area contributed by atoms with Crippen molar-refractivity contribution in [2.24, 2.45) is 0 Å². The highest BCUT2D eigenvalue weighted by Gasteiger charge is 2.20. The van der Waals surface area contributed by atoms with Crippen LogP contribution in [-0.4, -0.2) is 5.11 Å². The quantitative estimate of drug-likeness (QED) is 0.592. The monoisotopic (exact) mass is 282 g/mol. The smallest absolute Gasteiger partial charge is 0.170 e. The molecule has 0 aliphatic rings. The third-order valence-electron chi connectivity index (χ3n) is 3.50. The van der Waals surface area contributed by atoms with Crippen LogP contribution in [0.1, 0.15) is 17.6 Å². The van der Waals surface area contributed by atoms with Crippen LogP contribution in [0.2, 0.25) is 0 Å². The molecular weight excluding hydrogens is 271 g/mol. The van der Waals surface area contributed by atoms with E-state index in [0.29, 0.717) is 16.7 Å². The second-order valence-electron chi connectivity index (χ2n) is 4.90.